The van der Waals surface area contributed by atoms with Crippen LogP contribution in [0.5, 0.6) is 0 Å². The summed E-state index contributed by atoms with van der Waals surface area (Å²) in [5.41, 5.74) is 2.39. The molecule has 0 saturated carbocycles. The van der Waals surface area contributed by atoms with Crippen LogP contribution in [0.15, 0.2) is 27.7 Å². The predicted octanol–water partition coefficient (Wildman–Crippen LogP) is 4.14. The number of amidine groups is 1. The molecule has 0 saturated heterocycles. The quantitative estimate of drug-likeness (QED) is 0.822. The number of rotatable bonds is 1. The molecule has 1 aliphatic rings. The molecule has 3 heteroatoms. The fraction of sp³-hybridized carbons (Fsp3) is 0.462. The molecule has 0 unspecified atom stereocenters. The third kappa shape index (κ3) is 3.08. The van der Waals surface area contributed by atoms with Gasteiger partial charge >= 0.3 is 0 Å². The van der Waals surface area contributed by atoms with Crippen LogP contribution in [0, 0.1) is 6.92 Å². The van der Waals surface area contributed by atoms with Crippen LogP contribution in [-0.2, 0) is 0 Å². The Balaban J connectivity index is 2.07. The molecule has 2 nitrogen and oxygen atoms in total. The van der Waals surface area contributed by atoms with E-state index in [1.165, 1.54) is 24.8 Å². The first kappa shape index (κ1) is 11.6. The van der Waals surface area contributed by atoms with E-state index in [9.17, 15) is 0 Å². The van der Waals surface area contributed by atoms with Crippen molar-refractivity contribution >= 4 is 27.5 Å². The highest BCUT2D eigenvalue weighted by Gasteiger charge is 2.05. The molecule has 16 heavy (non-hydrogen) atoms. The van der Waals surface area contributed by atoms with Crippen LogP contribution in [0.2, 0.25) is 0 Å². The standard InChI is InChI=1S/C13H17BrN2/c1-10-9-11(6-7-12(10)14)16-13-5-3-2-4-8-15-13/h6-7,9H,2-5,8H2,1H3,(H,15,16). The fourth-order valence-electron chi connectivity index (χ4n) is 1.87. The van der Waals surface area contributed by atoms with Crippen LogP contribution in [0.3, 0.4) is 0 Å². The van der Waals surface area contributed by atoms with Crippen molar-refractivity contribution in [1.29, 1.82) is 0 Å². The monoisotopic (exact) mass is 280 g/mol. The number of anilines is 1. The average Bonchev–Trinajstić information content (AvgIpc) is 2.52. The molecular formula is C13H17BrN2. The van der Waals surface area contributed by atoms with Gasteiger partial charge in [-0.05, 0) is 43.5 Å². The minimum Gasteiger partial charge on any atom is -0.344 e. The van der Waals surface area contributed by atoms with Crippen molar-refractivity contribution in [3.05, 3.63) is 28.2 Å². The third-order valence-electron chi connectivity index (χ3n) is 2.82. The maximum atomic E-state index is 4.56. The van der Waals surface area contributed by atoms with Gasteiger partial charge in [0.05, 0.1) is 0 Å². The van der Waals surface area contributed by atoms with E-state index in [1.807, 2.05) is 0 Å². The summed E-state index contributed by atoms with van der Waals surface area (Å²) in [7, 11) is 0. The molecule has 0 radical (unpaired) electrons. The molecule has 1 aromatic carbocycles. The summed E-state index contributed by atoms with van der Waals surface area (Å²) in [4.78, 5) is 4.56. The van der Waals surface area contributed by atoms with Crippen LogP contribution in [-0.4, -0.2) is 12.4 Å². The van der Waals surface area contributed by atoms with Crippen LogP contribution >= 0.6 is 15.9 Å². The molecule has 86 valence electrons. The highest BCUT2D eigenvalue weighted by molar-refractivity contribution is 9.10. The summed E-state index contributed by atoms with van der Waals surface area (Å²) in [6.45, 7) is 3.07. The number of nitrogens with one attached hydrogen (secondary N) is 1. The Morgan fingerprint density at radius 3 is 2.94 bits per heavy atom. The van der Waals surface area contributed by atoms with Gasteiger partial charge in [0.25, 0.3) is 0 Å². The fourth-order valence-corrected chi connectivity index (χ4v) is 2.11. The van der Waals surface area contributed by atoms with Crippen LogP contribution in [0.25, 0.3) is 0 Å². The van der Waals surface area contributed by atoms with Gasteiger partial charge in [-0.3, -0.25) is 4.99 Å². The third-order valence-corrected chi connectivity index (χ3v) is 3.71. The number of nitrogens with zero attached hydrogens (tertiary/aromatic N) is 1. The minimum atomic E-state index is 0.970. The average molecular weight is 281 g/mol. The van der Waals surface area contributed by atoms with Crippen molar-refractivity contribution in [1.82, 2.24) is 0 Å². The molecule has 1 aromatic rings. The molecular weight excluding hydrogens is 264 g/mol. The van der Waals surface area contributed by atoms with Gasteiger partial charge in [0.2, 0.25) is 0 Å². The number of hydrogen-bond acceptors (Lipinski definition) is 2. The molecule has 0 atom stereocenters. The molecule has 1 aliphatic heterocycles. The maximum Gasteiger partial charge on any atom is 0.101 e. The van der Waals surface area contributed by atoms with Gasteiger partial charge in [-0.15, -0.1) is 0 Å². The van der Waals surface area contributed by atoms with E-state index in [1.54, 1.807) is 0 Å². The number of benzene rings is 1. The van der Waals surface area contributed by atoms with Crippen LogP contribution in [0.1, 0.15) is 31.2 Å². The van der Waals surface area contributed by atoms with Crippen molar-refractivity contribution < 1.29 is 0 Å². The first-order valence-electron chi connectivity index (χ1n) is 5.82. The van der Waals surface area contributed by atoms with Crippen LogP contribution < -0.4 is 5.32 Å². The number of hydrogen-bond donors (Lipinski definition) is 1. The number of aryl methyl sites for hydroxylation is 1. The lowest BCUT2D eigenvalue weighted by molar-refractivity contribution is 0.731. The van der Waals surface area contributed by atoms with Crippen molar-refractivity contribution in [3.63, 3.8) is 0 Å². The largest absolute Gasteiger partial charge is 0.344 e. The lowest BCUT2D eigenvalue weighted by Gasteiger charge is -2.09. The molecule has 1 heterocycles. The van der Waals surface area contributed by atoms with E-state index in [0.717, 1.165) is 29.0 Å². The summed E-state index contributed by atoms with van der Waals surface area (Å²) in [6.07, 6.45) is 4.86. The summed E-state index contributed by atoms with van der Waals surface area (Å²) < 4.78 is 1.15. The normalized spacial score (nSPS) is 16.5. The zero-order valence-electron chi connectivity index (χ0n) is 9.59. The Bertz CT molecular complexity index is 399. The molecule has 0 bridgehead atoms. The highest BCUT2D eigenvalue weighted by atomic mass is 79.9. The van der Waals surface area contributed by atoms with E-state index in [2.05, 4.69) is 51.4 Å². The zero-order chi connectivity index (χ0) is 11.4. The smallest absolute Gasteiger partial charge is 0.101 e. The van der Waals surface area contributed by atoms with E-state index in [0.29, 0.717) is 0 Å². The Kier molecular flexibility index (Phi) is 3.99. The topological polar surface area (TPSA) is 24.4 Å². The Morgan fingerprint density at radius 1 is 1.25 bits per heavy atom. The van der Waals surface area contributed by atoms with Gasteiger partial charge in [0.15, 0.2) is 0 Å². The molecule has 0 aliphatic carbocycles. The van der Waals surface area contributed by atoms with Crippen molar-refractivity contribution in [2.75, 3.05) is 11.9 Å². The summed E-state index contributed by atoms with van der Waals surface area (Å²) in [5.74, 6) is 1.14. The van der Waals surface area contributed by atoms with E-state index in [4.69, 9.17) is 0 Å². The van der Waals surface area contributed by atoms with E-state index < -0.39 is 0 Å². The van der Waals surface area contributed by atoms with Gasteiger partial charge in [-0.25, -0.2) is 0 Å². The van der Waals surface area contributed by atoms with Gasteiger partial charge in [0.1, 0.15) is 5.84 Å². The van der Waals surface area contributed by atoms with E-state index >= 15 is 0 Å². The lowest BCUT2D eigenvalue weighted by Crippen LogP contribution is -2.11. The van der Waals surface area contributed by atoms with Crippen LogP contribution in [0.4, 0.5) is 5.69 Å². The molecule has 0 fully saturated rings. The maximum absolute atomic E-state index is 4.56. The molecule has 0 amide bonds. The molecule has 0 aromatic heterocycles. The SMILES string of the molecule is Cc1cc(NC2=NCCCCC2)ccc1Br. The first-order chi connectivity index (χ1) is 7.75. The van der Waals surface area contributed by atoms with Crippen molar-refractivity contribution in [2.45, 2.75) is 32.6 Å². The summed E-state index contributed by atoms with van der Waals surface area (Å²) in [6, 6.07) is 6.32. The Hall–Kier alpha value is -0.830. The Morgan fingerprint density at radius 2 is 2.12 bits per heavy atom. The lowest BCUT2D eigenvalue weighted by atomic mass is 10.2. The first-order valence-corrected chi connectivity index (χ1v) is 6.61. The molecule has 1 N–H and O–H groups in total. The van der Waals surface area contributed by atoms with Crippen molar-refractivity contribution in [3.8, 4) is 0 Å². The van der Waals surface area contributed by atoms with Gasteiger partial charge in [0, 0.05) is 23.1 Å². The Labute approximate surface area is 105 Å². The highest BCUT2D eigenvalue weighted by Crippen LogP contribution is 2.20. The number of aliphatic imine (C=N–C) groups is 1. The predicted molar refractivity (Wildman–Crippen MR) is 73.3 cm³/mol. The van der Waals surface area contributed by atoms with Gasteiger partial charge in [-0.2, -0.15) is 0 Å². The van der Waals surface area contributed by atoms with Crippen molar-refractivity contribution in [2.24, 2.45) is 4.99 Å². The minimum absolute atomic E-state index is 0.970. The van der Waals surface area contributed by atoms with E-state index in [-0.39, 0.29) is 0 Å². The summed E-state index contributed by atoms with van der Waals surface area (Å²) in [5, 5.41) is 3.42. The second-order valence-corrected chi connectivity index (χ2v) is 5.08. The second-order valence-electron chi connectivity index (χ2n) is 4.23. The van der Waals surface area contributed by atoms with Gasteiger partial charge < -0.3 is 5.32 Å². The zero-order valence-corrected chi connectivity index (χ0v) is 11.2. The summed E-state index contributed by atoms with van der Waals surface area (Å²) >= 11 is 3.51. The molecule has 0 spiro atoms. The number of halogens is 1. The van der Waals surface area contributed by atoms with Gasteiger partial charge in [-0.1, -0.05) is 22.4 Å². The molecule has 2 rings (SSSR count). The second kappa shape index (κ2) is 5.48.